The normalized spacial score (nSPS) is 11.2. The fourth-order valence-corrected chi connectivity index (χ4v) is 5.07. The van der Waals surface area contributed by atoms with Crippen LogP contribution in [0.3, 0.4) is 0 Å². The molecule has 0 fully saturated rings. The minimum absolute atomic E-state index is 0.0594. The fraction of sp³-hybridized carbons (Fsp3) is 0.240. The summed E-state index contributed by atoms with van der Waals surface area (Å²) in [6.07, 6.45) is 2.45. The maximum Gasteiger partial charge on any atom is 0.240 e. The van der Waals surface area contributed by atoms with Crippen LogP contribution in [-0.4, -0.2) is 28.0 Å². The fourth-order valence-electron chi connectivity index (χ4n) is 3.15. The number of nitrogen functional groups attached to an aromatic ring is 1. The van der Waals surface area contributed by atoms with E-state index in [-0.39, 0.29) is 10.8 Å². The van der Waals surface area contributed by atoms with Crippen molar-refractivity contribution in [3.63, 3.8) is 0 Å². The van der Waals surface area contributed by atoms with Crippen molar-refractivity contribution in [3.8, 4) is 5.75 Å². The van der Waals surface area contributed by atoms with Gasteiger partial charge in [-0.3, -0.25) is 4.79 Å². The molecule has 0 heterocycles. The summed E-state index contributed by atoms with van der Waals surface area (Å²) in [5.74, 6) is 0.431. The molecule has 0 atom stereocenters. The van der Waals surface area contributed by atoms with Gasteiger partial charge in [0.05, 0.1) is 12.0 Å². The van der Waals surface area contributed by atoms with Crippen LogP contribution in [0.15, 0.2) is 87.5 Å². The van der Waals surface area contributed by atoms with Gasteiger partial charge >= 0.3 is 0 Å². The molecule has 0 aliphatic carbocycles. The van der Waals surface area contributed by atoms with Crippen LogP contribution in [0.2, 0.25) is 0 Å². The molecule has 9 heteroatoms. The number of hydrogen-bond acceptors (Lipinski definition) is 6. The molecule has 34 heavy (non-hydrogen) atoms. The van der Waals surface area contributed by atoms with E-state index in [1.807, 2.05) is 48.5 Å². The Labute approximate surface area is 205 Å². The van der Waals surface area contributed by atoms with Crippen molar-refractivity contribution in [2.24, 2.45) is 0 Å². The van der Waals surface area contributed by atoms with E-state index in [0.717, 1.165) is 27.6 Å². The SMILES string of the molecule is COc1cccc(S(=O)(=O)NCCCCCC(=O)Nc2ccc(Sc3ccc(N)cc3)cc2)c1. The molecule has 0 aromatic heterocycles. The maximum absolute atomic E-state index is 12.3. The number of methoxy groups -OCH3 is 1. The van der Waals surface area contributed by atoms with Crippen molar-refractivity contribution in [1.29, 1.82) is 0 Å². The average Bonchev–Trinajstić information content (AvgIpc) is 2.84. The molecule has 0 aliphatic rings. The summed E-state index contributed by atoms with van der Waals surface area (Å²) < 4.78 is 32.4. The lowest BCUT2D eigenvalue weighted by Crippen LogP contribution is -2.24. The Balaban J connectivity index is 1.34. The number of nitrogens with one attached hydrogen (secondary N) is 2. The number of nitrogens with two attached hydrogens (primary N) is 1. The third-order valence-electron chi connectivity index (χ3n) is 4.98. The molecular formula is C25H29N3O4S2. The summed E-state index contributed by atoms with van der Waals surface area (Å²) in [7, 11) is -2.09. The topological polar surface area (TPSA) is 111 Å². The predicted molar refractivity (Wildman–Crippen MR) is 137 cm³/mol. The van der Waals surface area contributed by atoms with E-state index in [0.29, 0.717) is 31.6 Å². The Hall–Kier alpha value is -3.01. The maximum atomic E-state index is 12.3. The highest BCUT2D eigenvalue weighted by Gasteiger charge is 2.14. The third-order valence-corrected chi connectivity index (χ3v) is 7.45. The summed E-state index contributed by atoms with van der Waals surface area (Å²) in [4.78, 5) is 14.5. The van der Waals surface area contributed by atoms with Gasteiger partial charge in [0, 0.05) is 40.2 Å². The Morgan fingerprint density at radius 2 is 1.62 bits per heavy atom. The largest absolute Gasteiger partial charge is 0.497 e. The van der Waals surface area contributed by atoms with E-state index < -0.39 is 10.0 Å². The number of ether oxygens (including phenoxy) is 1. The Kier molecular flexibility index (Phi) is 9.38. The number of carbonyl (C=O) groups is 1. The van der Waals surface area contributed by atoms with Gasteiger partial charge in [0.2, 0.25) is 15.9 Å². The van der Waals surface area contributed by atoms with Gasteiger partial charge in [0.25, 0.3) is 0 Å². The molecule has 0 spiro atoms. The van der Waals surface area contributed by atoms with Crippen molar-refractivity contribution in [2.45, 2.75) is 40.4 Å². The molecule has 0 radical (unpaired) electrons. The van der Waals surface area contributed by atoms with Crippen molar-refractivity contribution in [2.75, 3.05) is 24.7 Å². The zero-order valence-electron chi connectivity index (χ0n) is 19.0. The number of benzene rings is 3. The third kappa shape index (κ3) is 8.09. The lowest BCUT2D eigenvalue weighted by molar-refractivity contribution is -0.116. The number of rotatable bonds is 12. The van der Waals surface area contributed by atoms with E-state index in [4.69, 9.17) is 10.5 Å². The molecular weight excluding hydrogens is 470 g/mol. The summed E-state index contributed by atoms with van der Waals surface area (Å²) in [5, 5.41) is 2.90. The Morgan fingerprint density at radius 1 is 0.941 bits per heavy atom. The molecule has 0 bridgehead atoms. The lowest BCUT2D eigenvalue weighted by atomic mass is 10.2. The monoisotopic (exact) mass is 499 g/mol. The molecule has 3 rings (SSSR count). The van der Waals surface area contributed by atoms with Crippen molar-refractivity contribution >= 4 is 39.1 Å². The molecule has 0 saturated carbocycles. The van der Waals surface area contributed by atoms with Gasteiger partial charge in [0.1, 0.15) is 5.75 Å². The van der Waals surface area contributed by atoms with E-state index in [1.54, 1.807) is 23.9 Å². The number of sulfonamides is 1. The van der Waals surface area contributed by atoms with Gasteiger partial charge in [-0.1, -0.05) is 24.2 Å². The number of amides is 1. The van der Waals surface area contributed by atoms with Crippen LogP contribution < -0.4 is 20.5 Å². The van der Waals surface area contributed by atoms with E-state index >= 15 is 0 Å². The Morgan fingerprint density at radius 3 is 2.29 bits per heavy atom. The summed E-state index contributed by atoms with van der Waals surface area (Å²) >= 11 is 1.62. The van der Waals surface area contributed by atoms with Gasteiger partial charge in [0.15, 0.2) is 0 Å². The first-order valence-corrected chi connectivity index (χ1v) is 13.2. The zero-order valence-corrected chi connectivity index (χ0v) is 20.6. The quantitative estimate of drug-likeness (QED) is 0.241. The van der Waals surface area contributed by atoms with Gasteiger partial charge in [-0.05, 0) is 73.5 Å². The zero-order chi connectivity index (χ0) is 24.4. The number of carbonyl (C=O) groups excluding carboxylic acids is 1. The highest BCUT2D eigenvalue weighted by Crippen LogP contribution is 2.29. The standard InChI is InChI=1S/C25H29N3O4S2/c1-32-21-6-5-7-24(18-21)34(30,31)27-17-4-2-3-8-25(29)28-20-11-15-23(16-12-20)33-22-13-9-19(26)10-14-22/h5-7,9-16,18,27H,2-4,8,17,26H2,1H3,(H,28,29). The number of hydrogen-bond donors (Lipinski definition) is 3. The van der Waals surface area contributed by atoms with Crippen molar-refractivity contribution in [1.82, 2.24) is 4.72 Å². The van der Waals surface area contributed by atoms with Crippen LogP contribution in [-0.2, 0) is 14.8 Å². The molecule has 3 aromatic rings. The number of anilines is 2. The minimum atomic E-state index is -3.58. The first-order valence-electron chi connectivity index (χ1n) is 10.9. The van der Waals surface area contributed by atoms with E-state index in [1.165, 1.54) is 19.2 Å². The van der Waals surface area contributed by atoms with Crippen LogP contribution in [0.5, 0.6) is 5.75 Å². The second-order valence-corrected chi connectivity index (χ2v) is 10.5. The lowest BCUT2D eigenvalue weighted by Gasteiger charge is -2.09. The molecule has 1 amide bonds. The summed E-state index contributed by atoms with van der Waals surface area (Å²) in [6.45, 7) is 0.314. The van der Waals surface area contributed by atoms with Crippen molar-refractivity contribution in [3.05, 3.63) is 72.8 Å². The van der Waals surface area contributed by atoms with Gasteiger partial charge in [-0.2, -0.15) is 0 Å². The number of unbranched alkanes of at least 4 members (excludes halogenated alkanes) is 2. The van der Waals surface area contributed by atoms with Gasteiger partial charge in [-0.25, -0.2) is 13.1 Å². The van der Waals surface area contributed by atoms with E-state index in [9.17, 15) is 13.2 Å². The minimum Gasteiger partial charge on any atom is -0.497 e. The highest BCUT2D eigenvalue weighted by atomic mass is 32.2. The predicted octanol–water partition coefficient (Wildman–Crippen LogP) is 4.91. The van der Waals surface area contributed by atoms with Crippen molar-refractivity contribution < 1.29 is 17.9 Å². The molecule has 4 N–H and O–H groups in total. The highest BCUT2D eigenvalue weighted by molar-refractivity contribution is 7.99. The van der Waals surface area contributed by atoms with Gasteiger partial charge in [-0.15, -0.1) is 0 Å². The second kappa shape index (κ2) is 12.5. The second-order valence-electron chi connectivity index (χ2n) is 7.63. The van der Waals surface area contributed by atoms with Crippen LogP contribution in [0.1, 0.15) is 25.7 Å². The molecule has 180 valence electrons. The molecule has 0 saturated heterocycles. The van der Waals surface area contributed by atoms with Gasteiger partial charge < -0.3 is 15.8 Å². The molecule has 7 nitrogen and oxygen atoms in total. The molecule has 0 unspecified atom stereocenters. The first kappa shape index (κ1) is 25.6. The Bertz CT molecular complexity index is 1180. The summed E-state index contributed by atoms with van der Waals surface area (Å²) in [5.41, 5.74) is 7.19. The van der Waals surface area contributed by atoms with Crippen LogP contribution in [0.25, 0.3) is 0 Å². The van der Waals surface area contributed by atoms with E-state index in [2.05, 4.69) is 10.0 Å². The molecule has 3 aromatic carbocycles. The average molecular weight is 500 g/mol. The first-order chi connectivity index (χ1) is 16.4. The van der Waals surface area contributed by atoms with Crippen LogP contribution in [0, 0.1) is 0 Å². The summed E-state index contributed by atoms with van der Waals surface area (Å²) in [6, 6.07) is 21.7. The van der Waals surface area contributed by atoms with Crippen LogP contribution in [0.4, 0.5) is 11.4 Å². The molecule has 0 aliphatic heterocycles. The van der Waals surface area contributed by atoms with Crippen LogP contribution >= 0.6 is 11.8 Å². The smallest absolute Gasteiger partial charge is 0.240 e.